The highest BCUT2D eigenvalue weighted by molar-refractivity contribution is 5.99. The lowest BCUT2D eigenvalue weighted by Crippen LogP contribution is -2.28. The number of hydrazine groups is 1. The van der Waals surface area contributed by atoms with Gasteiger partial charge in [-0.15, -0.1) is 0 Å². The van der Waals surface area contributed by atoms with Crippen LogP contribution in [0.15, 0.2) is 42.1 Å². The van der Waals surface area contributed by atoms with E-state index in [0.717, 1.165) is 5.39 Å². The Balaban J connectivity index is 2.24. The molecular weight excluding hydrogens is 282 g/mol. The van der Waals surface area contributed by atoms with Crippen LogP contribution in [0, 0.1) is 15.5 Å². The summed E-state index contributed by atoms with van der Waals surface area (Å²) in [5, 5.41) is 12.6. The third-order valence-corrected chi connectivity index (χ3v) is 3.96. The summed E-state index contributed by atoms with van der Waals surface area (Å²) in [5.41, 5.74) is 6.17. The van der Waals surface area contributed by atoms with E-state index in [9.17, 15) is 14.9 Å². The average Bonchev–Trinajstić information content (AvgIpc) is 2.73. The summed E-state index contributed by atoms with van der Waals surface area (Å²) in [4.78, 5) is 22.7. The van der Waals surface area contributed by atoms with Crippen LogP contribution in [0.25, 0.3) is 16.8 Å². The van der Waals surface area contributed by atoms with Crippen LogP contribution >= 0.6 is 0 Å². The molecular formula is C16H15N3O3. The molecule has 1 heterocycles. The molecule has 1 aliphatic heterocycles. The SMILES string of the molecule is CC1(C)C(=O)NN/C1=C\c1cccc2cccc([N+](=O)[O-])c12. The van der Waals surface area contributed by atoms with Crippen molar-refractivity contribution in [2.24, 2.45) is 5.41 Å². The number of carbonyl (C=O) groups is 1. The van der Waals surface area contributed by atoms with Crippen LogP contribution in [0.4, 0.5) is 5.69 Å². The van der Waals surface area contributed by atoms with Gasteiger partial charge in [0, 0.05) is 11.8 Å². The Bertz CT molecular complexity index is 819. The predicted molar refractivity (Wildman–Crippen MR) is 83.6 cm³/mol. The number of hydrogen-bond donors (Lipinski definition) is 2. The van der Waals surface area contributed by atoms with E-state index in [2.05, 4.69) is 10.9 Å². The number of non-ortho nitro benzene ring substituents is 1. The first-order valence-electron chi connectivity index (χ1n) is 6.86. The smallest absolute Gasteiger partial charge is 0.277 e. The number of fused-ring (bicyclic) bond motifs is 1. The number of amides is 1. The molecule has 1 aliphatic rings. The first-order chi connectivity index (χ1) is 10.4. The Morgan fingerprint density at radius 3 is 2.41 bits per heavy atom. The van der Waals surface area contributed by atoms with Gasteiger partial charge in [0.25, 0.3) is 5.69 Å². The number of nitrogens with one attached hydrogen (secondary N) is 2. The normalized spacial score (nSPS) is 18.3. The maximum Gasteiger partial charge on any atom is 0.277 e. The molecule has 0 aliphatic carbocycles. The van der Waals surface area contributed by atoms with Gasteiger partial charge < -0.3 is 5.43 Å². The second kappa shape index (κ2) is 4.84. The summed E-state index contributed by atoms with van der Waals surface area (Å²) >= 11 is 0. The second-order valence-electron chi connectivity index (χ2n) is 5.74. The van der Waals surface area contributed by atoms with Gasteiger partial charge in [0.15, 0.2) is 0 Å². The molecule has 6 heteroatoms. The number of nitro groups is 1. The van der Waals surface area contributed by atoms with E-state index in [0.29, 0.717) is 16.6 Å². The highest BCUT2D eigenvalue weighted by Crippen LogP contribution is 2.34. The van der Waals surface area contributed by atoms with Crippen molar-refractivity contribution in [3.63, 3.8) is 0 Å². The average molecular weight is 297 g/mol. The molecule has 3 rings (SSSR count). The van der Waals surface area contributed by atoms with Crippen molar-refractivity contribution in [1.82, 2.24) is 10.9 Å². The first-order valence-corrected chi connectivity index (χ1v) is 6.86. The van der Waals surface area contributed by atoms with E-state index in [-0.39, 0.29) is 16.5 Å². The highest BCUT2D eigenvalue weighted by atomic mass is 16.6. The van der Waals surface area contributed by atoms with Crippen LogP contribution in [-0.4, -0.2) is 10.8 Å². The minimum absolute atomic E-state index is 0.0556. The third kappa shape index (κ3) is 2.09. The summed E-state index contributed by atoms with van der Waals surface area (Å²) < 4.78 is 0. The number of hydrogen-bond acceptors (Lipinski definition) is 4. The molecule has 6 nitrogen and oxygen atoms in total. The zero-order valence-corrected chi connectivity index (χ0v) is 12.2. The molecule has 0 aromatic heterocycles. The third-order valence-electron chi connectivity index (χ3n) is 3.96. The maximum absolute atomic E-state index is 11.8. The summed E-state index contributed by atoms with van der Waals surface area (Å²) in [7, 11) is 0. The van der Waals surface area contributed by atoms with E-state index < -0.39 is 5.41 Å². The minimum Gasteiger partial charge on any atom is -0.302 e. The Morgan fingerprint density at radius 1 is 1.14 bits per heavy atom. The molecule has 1 amide bonds. The fourth-order valence-electron chi connectivity index (χ4n) is 2.55. The quantitative estimate of drug-likeness (QED) is 0.659. The van der Waals surface area contributed by atoms with Crippen LogP contribution in [0.1, 0.15) is 19.4 Å². The van der Waals surface area contributed by atoms with Crippen LogP contribution in [0.5, 0.6) is 0 Å². The van der Waals surface area contributed by atoms with Gasteiger partial charge in [0.05, 0.1) is 15.7 Å². The molecule has 2 aromatic rings. The number of carbonyl (C=O) groups excluding carboxylic acids is 1. The zero-order valence-electron chi connectivity index (χ0n) is 12.2. The molecule has 0 atom stereocenters. The Kier molecular flexibility index (Phi) is 3.09. The van der Waals surface area contributed by atoms with Gasteiger partial charge in [-0.1, -0.05) is 30.3 Å². The van der Waals surface area contributed by atoms with Crippen LogP contribution < -0.4 is 10.9 Å². The largest absolute Gasteiger partial charge is 0.302 e. The van der Waals surface area contributed by atoms with Gasteiger partial charge in [0.2, 0.25) is 5.91 Å². The van der Waals surface area contributed by atoms with Crippen molar-refractivity contribution in [3.8, 4) is 0 Å². The van der Waals surface area contributed by atoms with E-state index in [1.54, 1.807) is 26.0 Å². The first kappa shape index (κ1) is 14.1. The summed E-state index contributed by atoms with van der Waals surface area (Å²) in [6.45, 7) is 3.60. The Morgan fingerprint density at radius 2 is 1.82 bits per heavy atom. The van der Waals surface area contributed by atoms with E-state index in [4.69, 9.17) is 0 Å². The van der Waals surface area contributed by atoms with E-state index in [1.165, 1.54) is 6.07 Å². The minimum atomic E-state index is -0.703. The lowest BCUT2D eigenvalue weighted by molar-refractivity contribution is -0.383. The molecule has 2 N–H and O–H groups in total. The number of rotatable bonds is 2. The lowest BCUT2D eigenvalue weighted by atomic mass is 9.88. The monoisotopic (exact) mass is 297 g/mol. The van der Waals surface area contributed by atoms with Gasteiger partial charge in [-0.2, -0.15) is 0 Å². The fraction of sp³-hybridized carbons (Fsp3) is 0.188. The summed E-state index contributed by atoms with van der Waals surface area (Å²) in [5.74, 6) is -0.131. The molecule has 22 heavy (non-hydrogen) atoms. The van der Waals surface area contributed by atoms with Crippen LogP contribution in [0.3, 0.4) is 0 Å². The van der Waals surface area contributed by atoms with Crippen molar-refractivity contribution >= 4 is 28.4 Å². The Labute approximate surface area is 126 Å². The van der Waals surface area contributed by atoms with Crippen molar-refractivity contribution in [2.75, 3.05) is 0 Å². The molecule has 0 saturated carbocycles. The van der Waals surface area contributed by atoms with Crippen molar-refractivity contribution in [1.29, 1.82) is 0 Å². The van der Waals surface area contributed by atoms with Gasteiger partial charge in [-0.25, -0.2) is 0 Å². The maximum atomic E-state index is 11.8. The van der Waals surface area contributed by atoms with Gasteiger partial charge >= 0.3 is 0 Å². The van der Waals surface area contributed by atoms with E-state index >= 15 is 0 Å². The Hall–Kier alpha value is -2.89. The number of nitro benzene ring substituents is 1. The van der Waals surface area contributed by atoms with Gasteiger partial charge in [0.1, 0.15) is 0 Å². The summed E-state index contributed by atoms with van der Waals surface area (Å²) in [6.07, 6.45) is 1.78. The van der Waals surface area contributed by atoms with Crippen LogP contribution in [-0.2, 0) is 4.79 Å². The zero-order chi connectivity index (χ0) is 15.9. The predicted octanol–water partition coefficient (Wildman–Crippen LogP) is 2.75. The topological polar surface area (TPSA) is 84.3 Å². The highest BCUT2D eigenvalue weighted by Gasteiger charge is 2.38. The van der Waals surface area contributed by atoms with Crippen molar-refractivity contribution in [3.05, 3.63) is 57.8 Å². The molecule has 1 fully saturated rings. The van der Waals surface area contributed by atoms with Crippen molar-refractivity contribution < 1.29 is 9.72 Å². The van der Waals surface area contributed by atoms with Gasteiger partial charge in [-0.05, 0) is 30.9 Å². The lowest BCUT2D eigenvalue weighted by Gasteiger charge is -2.14. The second-order valence-corrected chi connectivity index (χ2v) is 5.74. The molecule has 0 unspecified atom stereocenters. The molecule has 0 radical (unpaired) electrons. The molecule has 1 saturated heterocycles. The molecule has 2 aromatic carbocycles. The summed E-state index contributed by atoms with van der Waals surface area (Å²) in [6, 6.07) is 10.5. The molecule has 112 valence electrons. The fourth-order valence-corrected chi connectivity index (χ4v) is 2.55. The van der Waals surface area contributed by atoms with Crippen LogP contribution in [0.2, 0.25) is 0 Å². The van der Waals surface area contributed by atoms with E-state index in [1.807, 2.05) is 24.3 Å². The number of nitrogens with zero attached hydrogens (tertiary/aromatic N) is 1. The standard InChI is InChI=1S/C16H15N3O3/c1-16(2)13(17-18-15(16)20)9-11-7-3-5-10-6-4-8-12(14(10)11)19(21)22/h3-9,17H,1-2H3,(H,18,20)/b13-9-. The van der Waals surface area contributed by atoms with Crippen molar-refractivity contribution in [2.45, 2.75) is 13.8 Å². The van der Waals surface area contributed by atoms with Gasteiger partial charge in [-0.3, -0.25) is 20.3 Å². The molecule has 0 bridgehead atoms. The molecule has 0 spiro atoms. The number of benzene rings is 2.